The number of fused-ring (bicyclic) bond motifs is 1. The molecule has 2 N–H and O–H groups in total. The molecule has 23 heavy (non-hydrogen) atoms. The van der Waals surface area contributed by atoms with Gasteiger partial charge in [0, 0.05) is 11.6 Å². The summed E-state index contributed by atoms with van der Waals surface area (Å²) in [4.78, 5) is 23.6. The molecular weight excluding hydrogens is 298 g/mol. The van der Waals surface area contributed by atoms with Crippen molar-refractivity contribution in [2.45, 2.75) is 25.3 Å². The van der Waals surface area contributed by atoms with Gasteiger partial charge in [-0.25, -0.2) is 0 Å². The second kappa shape index (κ2) is 6.32. The summed E-state index contributed by atoms with van der Waals surface area (Å²) in [5.74, 6) is -0.233. The van der Waals surface area contributed by atoms with Crippen LogP contribution < -0.4 is 14.8 Å². The van der Waals surface area contributed by atoms with Crippen LogP contribution in [0.3, 0.4) is 0 Å². The number of ether oxygens (including phenoxy) is 2. The molecule has 3 rings (SSSR count). The Balaban J connectivity index is 1.75. The minimum absolute atomic E-state index is 0.176. The quantitative estimate of drug-likeness (QED) is 0.885. The van der Waals surface area contributed by atoms with Crippen LogP contribution in [0.2, 0.25) is 0 Å². The third-order valence-corrected chi connectivity index (χ3v) is 4.37. The molecule has 2 aliphatic rings. The number of hydrogen-bond acceptors (Lipinski definition) is 4. The van der Waals surface area contributed by atoms with Crippen molar-refractivity contribution in [3.8, 4) is 11.5 Å². The van der Waals surface area contributed by atoms with Gasteiger partial charge in [-0.1, -0.05) is 6.42 Å². The van der Waals surface area contributed by atoms with Gasteiger partial charge in [-0.15, -0.1) is 0 Å². The lowest BCUT2D eigenvalue weighted by atomic mass is 10.0. The average molecular weight is 317 g/mol. The van der Waals surface area contributed by atoms with Crippen molar-refractivity contribution in [1.29, 1.82) is 0 Å². The van der Waals surface area contributed by atoms with Crippen LogP contribution in [0.4, 0.5) is 0 Å². The number of carboxylic acids is 1. The highest BCUT2D eigenvalue weighted by Crippen LogP contribution is 2.31. The van der Waals surface area contributed by atoms with E-state index in [-0.39, 0.29) is 18.6 Å². The fraction of sp³-hybridized carbons (Fsp3) is 0.412. The van der Waals surface area contributed by atoms with E-state index in [1.54, 1.807) is 31.4 Å². The third kappa shape index (κ3) is 3.16. The maximum atomic E-state index is 12.4. The van der Waals surface area contributed by atoms with E-state index in [1.807, 2.05) is 0 Å². The second-order valence-electron chi connectivity index (χ2n) is 5.82. The molecule has 2 atom stereocenters. The molecular formula is C17H19NO5. The first-order valence-electron chi connectivity index (χ1n) is 7.63. The highest BCUT2D eigenvalue weighted by molar-refractivity contribution is 5.99. The first kappa shape index (κ1) is 15.4. The predicted octanol–water partition coefficient (Wildman–Crippen LogP) is 1.84. The topological polar surface area (TPSA) is 84.9 Å². The van der Waals surface area contributed by atoms with Gasteiger partial charge in [0.15, 0.2) is 0 Å². The summed E-state index contributed by atoms with van der Waals surface area (Å²) in [6, 6.07) is 5.09. The lowest BCUT2D eigenvalue weighted by Gasteiger charge is -2.21. The van der Waals surface area contributed by atoms with E-state index in [1.165, 1.54) is 0 Å². The normalized spacial score (nSPS) is 22.6. The summed E-state index contributed by atoms with van der Waals surface area (Å²) in [5.41, 5.74) is 1.27. The molecule has 0 radical (unpaired) electrons. The van der Waals surface area contributed by atoms with Gasteiger partial charge < -0.3 is 19.9 Å². The van der Waals surface area contributed by atoms with Gasteiger partial charge in [0.2, 0.25) is 0 Å². The summed E-state index contributed by atoms with van der Waals surface area (Å²) in [6.07, 6.45) is 3.88. The van der Waals surface area contributed by atoms with Crippen molar-refractivity contribution in [2.24, 2.45) is 5.92 Å². The molecule has 0 unspecified atom stereocenters. The number of amides is 1. The van der Waals surface area contributed by atoms with Gasteiger partial charge in [-0.3, -0.25) is 9.59 Å². The lowest BCUT2D eigenvalue weighted by molar-refractivity contribution is -0.142. The molecule has 6 nitrogen and oxygen atoms in total. The van der Waals surface area contributed by atoms with E-state index in [2.05, 4.69) is 5.32 Å². The number of carbonyl (C=O) groups is 2. The Morgan fingerprint density at radius 2 is 2.17 bits per heavy atom. The SMILES string of the molecule is COc1ccc2c(c1)C=C(C(=O)N[C@@H]1CCC[C@@H]1C(=O)O)CO2. The fourth-order valence-corrected chi connectivity index (χ4v) is 3.10. The van der Waals surface area contributed by atoms with E-state index in [9.17, 15) is 14.7 Å². The summed E-state index contributed by atoms with van der Waals surface area (Å²) >= 11 is 0. The maximum absolute atomic E-state index is 12.4. The van der Waals surface area contributed by atoms with E-state index in [0.29, 0.717) is 29.9 Å². The van der Waals surface area contributed by atoms with Crippen molar-refractivity contribution in [3.05, 3.63) is 29.3 Å². The van der Waals surface area contributed by atoms with Crippen molar-refractivity contribution in [2.75, 3.05) is 13.7 Å². The predicted molar refractivity (Wildman–Crippen MR) is 83.4 cm³/mol. The minimum Gasteiger partial charge on any atom is -0.497 e. The Hall–Kier alpha value is -2.50. The molecule has 0 aromatic heterocycles. The van der Waals surface area contributed by atoms with Crippen LogP contribution in [0, 0.1) is 5.92 Å². The molecule has 1 aromatic carbocycles. The van der Waals surface area contributed by atoms with Gasteiger partial charge in [0.1, 0.15) is 18.1 Å². The smallest absolute Gasteiger partial charge is 0.308 e. The van der Waals surface area contributed by atoms with E-state index >= 15 is 0 Å². The Kier molecular flexibility index (Phi) is 4.23. The number of methoxy groups -OCH3 is 1. The number of aliphatic carboxylic acids is 1. The van der Waals surface area contributed by atoms with Crippen LogP contribution in [0.15, 0.2) is 23.8 Å². The van der Waals surface area contributed by atoms with Gasteiger partial charge in [0.05, 0.1) is 18.6 Å². The van der Waals surface area contributed by atoms with Crippen LogP contribution in [0.1, 0.15) is 24.8 Å². The van der Waals surface area contributed by atoms with Crippen molar-refractivity contribution >= 4 is 18.0 Å². The summed E-state index contributed by atoms with van der Waals surface area (Å²) < 4.78 is 10.8. The first-order chi connectivity index (χ1) is 11.1. The number of carbonyl (C=O) groups excluding carboxylic acids is 1. The molecule has 0 spiro atoms. The molecule has 1 fully saturated rings. The Labute approximate surface area is 134 Å². The van der Waals surface area contributed by atoms with Crippen molar-refractivity contribution in [3.63, 3.8) is 0 Å². The number of carboxylic acid groups (broad SMARTS) is 1. The summed E-state index contributed by atoms with van der Waals surface area (Å²) in [7, 11) is 1.58. The Morgan fingerprint density at radius 3 is 2.91 bits per heavy atom. The second-order valence-corrected chi connectivity index (χ2v) is 5.82. The number of rotatable bonds is 4. The zero-order valence-electron chi connectivity index (χ0n) is 12.9. The number of nitrogens with one attached hydrogen (secondary N) is 1. The molecule has 1 amide bonds. The molecule has 0 saturated heterocycles. The zero-order chi connectivity index (χ0) is 16.4. The van der Waals surface area contributed by atoms with Crippen LogP contribution >= 0.6 is 0 Å². The van der Waals surface area contributed by atoms with Crippen LogP contribution in [-0.2, 0) is 9.59 Å². The first-order valence-corrected chi connectivity index (χ1v) is 7.63. The lowest BCUT2D eigenvalue weighted by Crippen LogP contribution is -2.41. The Morgan fingerprint density at radius 1 is 1.35 bits per heavy atom. The zero-order valence-corrected chi connectivity index (χ0v) is 12.9. The maximum Gasteiger partial charge on any atom is 0.308 e. The van der Waals surface area contributed by atoms with Crippen LogP contribution in [0.5, 0.6) is 11.5 Å². The molecule has 1 aliphatic carbocycles. The summed E-state index contributed by atoms with van der Waals surface area (Å²) in [6.45, 7) is 0.176. The van der Waals surface area contributed by atoms with Crippen LogP contribution in [0.25, 0.3) is 6.08 Å². The molecule has 122 valence electrons. The fourth-order valence-electron chi connectivity index (χ4n) is 3.10. The van der Waals surface area contributed by atoms with Gasteiger partial charge in [-0.2, -0.15) is 0 Å². The molecule has 1 aromatic rings. The Bertz CT molecular complexity index is 667. The molecule has 0 bridgehead atoms. The number of benzene rings is 1. The largest absolute Gasteiger partial charge is 0.497 e. The molecule has 1 aliphatic heterocycles. The molecule has 6 heteroatoms. The van der Waals surface area contributed by atoms with Crippen molar-refractivity contribution < 1.29 is 24.2 Å². The summed E-state index contributed by atoms with van der Waals surface area (Å²) in [5, 5.41) is 12.0. The van der Waals surface area contributed by atoms with Gasteiger partial charge >= 0.3 is 5.97 Å². The van der Waals surface area contributed by atoms with E-state index in [4.69, 9.17) is 9.47 Å². The average Bonchev–Trinajstić information content (AvgIpc) is 3.02. The highest BCUT2D eigenvalue weighted by atomic mass is 16.5. The molecule has 1 saturated carbocycles. The highest BCUT2D eigenvalue weighted by Gasteiger charge is 2.34. The van der Waals surface area contributed by atoms with Gasteiger partial charge in [0.25, 0.3) is 5.91 Å². The van der Waals surface area contributed by atoms with Crippen LogP contribution in [-0.4, -0.2) is 36.7 Å². The van der Waals surface area contributed by atoms with Gasteiger partial charge in [-0.05, 0) is 37.1 Å². The standard InChI is InChI=1S/C17H19NO5/c1-22-12-5-6-15-10(8-12)7-11(9-23-15)16(19)18-14-4-2-3-13(14)17(20)21/h5-8,13-14H,2-4,9H2,1H3,(H,18,19)(H,20,21)/t13-,14+/m0/s1. The van der Waals surface area contributed by atoms with E-state index in [0.717, 1.165) is 12.0 Å². The van der Waals surface area contributed by atoms with Crippen molar-refractivity contribution in [1.82, 2.24) is 5.32 Å². The van der Waals surface area contributed by atoms with E-state index < -0.39 is 11.9 Å². The monoisotopic (exact) mass is 317 g/mol. The minimum atomic E-state index is -0.850. The number of hydrogen-bond donors (Lipinski definition) is 2. The third-order valence-electron chi connectivity index (χ3n) is 4.37. The molecule has 1 heterocycles.